The summed E-state index contributed by atoms with van der Waals surface area (Å²) in [5.74, 6) is 1.95. The summed E-state index contributed by atoms with van der Waals surface area (Å²) in [6, 6.07) is 7.31. The Hall–Kier alpha value is -0.890. The molecule has 0 saturated heterocycles. The van der Waals surface area contributed by atoms with Crippen molar-refractivity contribution in [1.29, 1.82) is 0 Å². The number of fused-ring (bicyclic) bond motifs is 2. The Morgan fingerprint density at radius 3 is 2.88 bits per heavy atom. The van der Waals surface area contributed by atoms with Crippen LogP contribution in [0.25, 0.3) is 0 Å². The van der Waals surface area contributed by atoms with Crippen LogP contribution in [0.1, 0.15) is 44.3 Å². The zero-order chi connectivity index (χ0) is 11.0. The van der Waals surface area contributed by atoms with E-state index in [1.165, 1.54) is 31.4 Å². The fourth-order valence-electron chi connectivity index (χ4n) is 3.49. The minimum absolute atomic E-state index is 0.394. The van der Waals surface area contributed by atoms with Gasteiger partial charge < -0.3 is 5.32 Å². The number of hydrogen-bond donors (Lipinski definition) is 1. The van der Waals surface area contributed by atoms with Crippen LogP contribution < -0.4 is 5.32 Å². The maximum Gasteiger partial charge on any atom is 0.0570 e. The van der Waals surface area contributed by atoms with E-state index in [0.717, 1.165) is 17.9 Å². The monoisotopic (exact) mass is 216 g/mol. The highest BCUT2D eigenvalue weighted by Crippen LogP contribution is 2.44. The van der Waals surface area contributed by atoms with Crippen LogP contribution >= 0.6 is 0 Å². The lowest BCUT2D eigenvalue weighted by Crippen LogP contribution is -2.36. The van der Waals surface area contributed by atoms with E-state index in [0.29, 0.717) is 6.04 Å². The second-order valence-corrected chi connectivity index (χ2v) is 5.42. The maximum absolute atomic E-state index is 4.42. The number of hydrogen-bond acceptors (Lipinski definition) is 2. The molecule has 0 aliphatic heterocycles. The van der Waals surface area contributed by atoms with E-state index in [2.05, 4.69) is 29.4 Å². The van der Waals surface area contributed by atoms with Crippen LogP contribution in [0, 0.1) is 11.8 Å². The van der Waals surface area contributed by atoms with Crippen LogP contribution in [-0.2, 0) is 0 Å². The summed E-state index contributed by atoms with van der Waals surface area (Å²) in [4.78, 5) is 4.42. The molecule has 2 saturated carbocycles. The first-order chi connectivity index (χ1) is 7.83. The summed E-state index contributed by atoms with van der Waals surface area (Å²) in [7, 11) is 0. The SMILES string of the molecule is C[C@@H](NC1CC2CCC1C2)c1ccccn1. The van der Waals surface area contributed by atoms with Crippen LogP contribution in [-0.4, -0.2) is 11.0 Å². The van der Waals surface area contributed by atoms with Gasteiger partial charge in [0, 0.05) is 18.3 Å². The fourth-order valence-corrected chi connectivity index (χ4v) is 3.49. The Bertz CT molecular complexity index is 349. The van der Waals surface area contributed by atoms with Gasteiger partial charge in [0.2, 0.25) is 0 Å². The Kier molecular flexibility index (Phi) is 2.68. The molecule has 1 aromatic heterocycles. The van der Waals surface area contributed by atoms with Gasteiger partial charge in [-0.3, -0.25) is 4.98 Å². The molecule has 3 unspecified atom stereocenters. The molecule has 16 heavy (non-hydrogen) atoms. The van der Waals surface area contributed by atoms with Crippen molar-refractivity contribution in [2.45, 2.75) is 44.7 Å². The fraction of sp³-hybridized carbons (Fsp3) is 0.643. The van der Waals surface area contributed by atoms with Gasteiger partial charge in [-0.15, -0.1) is 0 Å². The second-order valence-electron chi connectivity index (χ2n) is 5.42. The van der Waals surface area contributed by atoms with E-state index in [9.17, 15) is 0 Å². The van der Waals surface area contributed by atoms with Crippen LogP contribution in [0.4, 0.5) is 0 Å². The van der Waals surface area contributed by atoms with Gasteiger partial charge in [0.25, 0.3) is 0 Å². The van der Waals surface area contributed by atoms with Gasteiger partial charge >= 0.3 is 0 Å². The van der Waals surface area contributed by atoms with Gasteiger partial charge in [0.15, 0.2) is 0 Å². The lowest BCUT2D eigenvalue weighted by Gasteiger charge is -2.26. The van der Waals surface area contributed by atoms with Crippen molar-refractivity contribution in [1.82, 2.24) is 10.3 Å². The average molecular weight is 216 g/mol. The molecule has 2 aliphatic rings. The third kappa shape index (κ3) is 1.86. The molecular weight excluding hydrogens is 196 g/mol. The van der Waals surface area contributed by atoms with E-state index < -0.39 is 0 Å². The molecule has 4 atom stereocenters. The number of pyridine rings is 1. The molecule has 0 amide bonds. The first-order valence-corrected chi connectivity index (χ1v) is 6.50. The van der Waals surface area contributed by atoms with E-state index in [-0.39, 0.29) is 0 Å². The molecule has 2 aliphatic carbocycles. The molecule has 2 fully saturated rings. The highest BCUT2D eigenvalue weighted by Gasteiger charge is 2.39. The summed E-state index contributed by atoms with van der Waals surface area (Å²) in [5, 5.41) is 3.76. The van der Waals surface area contributed by atoms with Gasteiger partial charge in [-0.05, 0) is 50.2 Å². The van der Waals surface area contributed by atoms with Crippen LogP contribution in [0.2, 0.25) is 0 Å². The molecule has 2 heteroatoms. The van der Waals surface area contributed by atoms with Crippen LogP contribution in [0.3, 0.4) is 0 Å². The molecule has 1 heterocycles. The molecule has 1 aromatic rings. The topological polar surface area (TPSA) is 24.9 Å². The van der Waals surface area contributed by atoms with Gasteiger partial charge in [0.1, 0.15) is 0 Å². The Morgan fingerprint density at radius 2 is 2.25 bits per heavy atom. The Morgan fingerprint density at radius 1 is 1.31 bits per heavy atom. The quantitative estimate of drug-likeness (QED) is 0.840. The van der Waals surface area contributed by atoms with Crippen molar-refractivity contribution in [3.63, 3.8) is 0 Å². The summed E-state index contributed by atoms with van der Waals surface area (Å²) < 4.78 is 0. The average Bonchev–Trinajstić information content (AvgIpc) is 2.92. The van der Waals surface area contributed by atoms with E-state index in [4.69, 9.17) is 0 Å². The number of rotatable bonds is 3. The van der Waals surface area contributed by atoms with Crippen LogP contribution in [0.15, 0.2) is 24.4 Å². The first kappa shape index (κ1) is 10.3. The summed E-state index contributed by atoms with van der Waals surface area (Å²) in [5.41, 5.74) is 1.17. The number of nitrogens with one attached hydrogen (secondary N) is 1. The molecule has 1 N–H and O–H groups in total. The number of aromatic nitrogens is 1. The van der Waals surface area contributed by atoms with Crippen molar-refractivity contribution < 1.29 is 0 Å². The molecule has 0 radical (unpaired) electrons. The first-order valence-electron chi connectivity index (χ1n) is 6.50. The van der Waals surface area contributed by atoms with Gasteiger partial charge in [0.05, 0.1) is 5.69 Å². The van der Waals surface area contributed by atoms with Gasteiger partial charge in [-0.2, -0.15) is 0 Å². The Labute approximate surface area is 97.5 Å². The van der Waals surface area contributed by atoms with E-state index in [1.54, 1.807) is 0 Å². The molecule has 0 spiro atoms. The Balaban J connectivity index is 1.63. The highest BCUT2D eigenvalue weighted by atomic mass is 15.0. The van der Waals surface area contributed by atoms with Crippen molar-refractivity contribution in [2.24, 2.45) is 11.8 Å². The smallest absolute Gasteiger partial charge is 0.0570 e. The highest BCUT2D eigenvalue weighted by molar-refractivity contribution is 5.08. The maximum atomic E-state index is 4.42. The normalized spacial score (nSPS) is 34.2. The predicted octanol–water partition coefficient (Wildman–Crippen LogP) is 2.92. The minimum Gasteiger partial charge on any atom is -0.306 e. The van der Waals surface area contributed by atoms with Gasteiger partial charge in [-0.1, -0.05) is 12.5 Å². The largest absolute Gasteiger partial charge is 0.306 e. The summed E-state index contributed by atoms with van der Waals surface area (Å²) in [6.07, 6.45) is 7.65. The zero-order valence-electron chi connectivity index (χ0n) is 9.89. The zero-order valence-corrected chi connectivity index (χ0v) is 9.89. The molecule has 86 valence electrons. The predicted molar refractivity (Wildman–Crippen MR) is 65.0 cm³/mol. The van der Waals surface area contributed by atoms with Crippen molar-refractivity contribution in [3.05, 3.63) is 30.1 Å². The minimum atomic E-state index is 0.394. The van der Waals surface area contributed by atoms with Crippen molar-refractivity contribution in [3.8, 4) is 0 Å². The second kappa shape index (κ2) is 4.17. The standard InChI is InChI=1S/C14H20N2/c1-10(13-4-2-3-7-15-13)16-14-9-11-5-6-12(14)8-11/h2-4,7,10-12,14,16H,5-6,8-9H2,1H3/t10-,11?,12?,14?/m1/s1. The number of nitrogens with zero attached hydrogens (tertiary/aromatic N) is 1. The van der Waals surface area contributed by atoms with E-state index in [1.807, 2.05) is 12.3 Å². The van der Waals surface area contributed by atoms with Crippen molar-refractivity contribution in [2.75, 3.05) is 0 Å². The molecule has 3 rings (SSSR count). The van der Waals surface area contributed by atoms with Gasteiger partial charge in [-0.25, -0.2) is 0 Å². The molecular formula is C14H20N2. The van der Waals surface area contributed by atoms with Crippen LogP contribution in [0.5, 0.6) is 0 Å². The van der Waals surface area contributed by atoms with E-state index >= 15 is 0 Å². The molecule has 0 aromatic carbocycles. The molecule has 2 nitrogen and oxygen atoms in total. The summed E-state index contributed by atoms with van der Waals surface area (Å²) >= 11 is 0. The lowest BCUT2D eigenvalue weighted by atomic mass is 9.94. The third-order valence-corrected chi connectivity index (χ3v) is 4.33. The van der Waals surface area contributed by atoms with Crippen molar-refractivity contribution >= 4 is 0 Å². The molecule has 2 bridgehead atoms. The lowest BCUT2D eigenvalue weighted by molar-refractivity contribution is 0.325. The summed E-state index contributed by atoms with van der Waals surface area (Å²) in [6.45, 7) is 2.23. The third-order valence-electron chi connectivity index (χ3n) is 4.33.